The molecule has 0 saturated carbocycles. The molecule has 0 bridgehead atoms. The van der Waals surface area contributed by atoms with Crippen LogP contribution in [0.4, 0.5) is 9.59 Å². The molecule has 0 radical (unpaired) electrons. The number of carbonyl (C=O) groups is 2. The molecule has 0 spiro atoms. The van der Waals surface area contributed by atoms with Gasteiger partial charge in [0.05, 0.1) is 11.0 Å². The summed E-state index contributed by atoms with van der Waals surface area (Å²) in [6.45, 7) is 11.7. The number of nitrogens with one attached hydrogen (secondary N) is 2. The van der Waals surface area contributed by atoms with Crippen molar-refractivity contribution >= 4 is 66.8 Å². The second-order valence-electron chi connectivity index (χ2n) is 16.2. The van der Waals surface area contributed by atoms with Crippen molar-refractivity contribution in [1.82, 2.24) is 43.2 Å². The van der Waals surface area contributed by atoms with E-state index in [0.717, 1.165) is 41.2 Å². The van der Waals surface area contributed by atoms with Crippen LogP contribution in [0.3, 0.4) is 0 Å². The van der Waals surface area contributed by atoms with Crippen molar-refractivity contribution in [3.8, 4) is 0 Å². The minimum atomic E-state index is -0.970. The highest BCUT2D eigenvalue weighted by atomic mass is 16.6. The highest BCUT2D eigenvalue weighted by Crippen LogP contribution is 2.26. The molecular formula is C42H46N10O8. The number of H-pyrrole nitrogens is 1. The summed E-state index contributed by atoms with van der Waals surface area (Å²) in [6, 6.07) is 23.1. The monoisotopic (exact) mass is 818 g/mol. The highest BCUT2D eigenvalue weighted by molar-refractivity contribution is 6.03. The third-order valence-corrected chi connectivity index (χ3v) is 9.47. The number of alkyl carbamates (subject to hydrolysis) is 1. The average molecular weight is 819 g/mol. The molecule has 4 aromatic heterocycles. The molecule has 18 nitrogen and oxygen atoms in total. The molecule has 312 valence electrons. The number of hydrogen-bond acceptors (Lipinski definition) is 11. The van der Waals surface area contributed by atoms with Crippen molar-refractivity contribution in [2.75, 3.05) is 13.1 Å². The van der Waals surface area contributed by atoms with Crippen molar-refractivity contribution in [2.45, 2.75) is 78.7 Å². The van der Waals surface area contributed by atoms with Crippen LogP contribution in [0.2, 0.25) is 0 Å². The molecule has 0 aliphatic heterocycles. The van der Waals surface area contributed by atoms with Gasteiger partial charge in [0.25, 0.3) is 0 Å². The number of hydrogen-bond donors (Lipinski definition) is 3. The van der Waals surface area contributed by atoms with Crippen LogP contribution in [0.15, 0.2) is 92.0 Å². The maximum absolute atomic E-state index is 13.5. The number of carbonyl (C=O) groups excluding carboxylic acids is 2. The third kappa shape index (κ3) is 8.13. The van der Waals surface area contributed by atoms with E-state index in [2.05, 4.69) is 20.6 Å². The first-order valence-electron chi connectivity index (χ1n) is 19.5. The summed E-state index contributed by atoms with van der Waals surface area (Å²) >= 11 is 0. The van der Waals surface area contributed by atoms with Gasteiger partial charge in [-0.15, -0.1) is 9.78 Å². The maximum Gasteiger partial charge on any atom is 0.439 e. The van der Waals surface area contributed by atoms with Crippen LogP contribution in [-0.4, -0.2) is 74.4 Å². The lowest BCUT2D eigenvalue weighted by atomic mass is 10.1. The Hall–Kier alpha value is -7.08. The smallest absolute Gasteiger partial charge is 0.439 e. The van der Waals surface area contributed by atoms with Gasteiger partial charge in [-0.1, -0.05) is 48.5 Å². The molecule has 0 saturated heterocycles. The second-order valence-corrected chi connectivity index (χ2v) is 16.2. The first-order chi connectivity index (χ1) is 28.5. The van der Waals surface area contributed by atoms with E-state index in [1.807, 2.05) is 72.8 Å². The van der Waals surface area contributed by atoms with Gasteiger partial charge in [0.1, 0.15) is 11.2 Å². The van der Waals surface area contributed by atoms with Crippen LogP contribution in [0.1, 0.15) is 54.4 Å². The third-order valence-electron chi connectivity index (χ3n) is 9.47. The highest BCUT2D eigenvalue weighted by Gasteiger charge is 2.25. The zero-order chi connectivity index (χ0) is 43.1. The van der Waals surface area contributed by atoms with Gasteiger partial charge in [-0.3, -0.25) is 9.13 Å². The molecule has 8 aromatic rings. The second kappa shape index (κ2) is 15.9. The zero-order valence-electron chi connectivity index (χ0n) is 34.1. The lowest BCUT2D eigenvalue weighted by Gasteiger charge is -2.19. The molecule has 0 unspecified atom stereocenters. The Labute approximate surface area is 340 Å². The molecule has 0 aliphatic rings. The van der Waals surface area contributed by atoms with Crippen molar-refractivity contribution < 1.29 is 19.1 Å². The molecule has 18 heteroatoms. The number of aromatic nitrogens is 8. The number of nitrogens with two attached hydrogens (primary N) is 1. The number of fused-ring (bicyclic) bond motifs is 8. The lowest BCUT2D eigenvalue weighted by molar-refractivity contribution is 0.0503. The van der Waals surface area contributed by atoms with Gasteiger partial charge in [-0.2, -0.15) is 13.9 Å². The molecule has 4 heterocycles. The van der Waals surface area contributed by atoms with Gasteiger partial charge in [-0.05, 0) is 107 Å². The largest absolute Gasteiger partial charge is 0.444 e. The van der Waals surface area contributed by atoms with Gasteiger partial charge in [0.2, 0.25) is 0 Å². The molecule has 0 aliphatic carbocycles. The summed E-state index contributed by atoms with van der Waals surface area (Å²) in [5, 5.41) is 18.4. The van der Waals surface area contributed by atoms with Crippen molar-refractivity contribution in [3.63, 3.8) is 0 Å². The number of benzene rings is 4. The summed E-state index contributed by atoms with van der Waals surface area (Å²) in [7, 11) is 0. The van der Waals surface area contributed by atoms with E-state index in [4.69, 9.17) is 15.2 Å². The van der Waals surface area contributed by atoms with Crippen LogP contribution in [0.25, 0.3) is 54.6 Å². The van der Waals surface area contributed by atoms with Crippen LogP contribution >= 0.6 is 0 Å². The summed E-state index contributed by atoms with van der Waals surface area (Å²) in [6.07, 6.45) is -0.481. The number of ether oxygens (including phenoxy) is 2. The predicted octanol–water partition coefficient (Wildman–Crippen LogP) is 4.50. The SMILES string of the molecule is CC(C)(C)OC(=O)NCCCn1c(=O)n2c(=O)n(C(=O)OC(C)(C)C)nc2c2cc3ccccc3cc21.NCCCn1c(=O)n2c(=O)[nH]nc2c2cc3ccccc3cc21. The van der Waals surface area contributed by atoms with E-state index in [-0.39, 0.29) is 18.7 Å². The quantitative estimate of drug-likeness (QED) is 0.150. The standard InChI is InChI=1S/C26H31N5O6.C16H15N5O2/c1-25(2,3)36-21(32)27-12-9-13-29-19-15-17-11-8-7-10-16(17)14-18(19)20-28-31(23(34)30(20)22(29)33)24(35)37-26(4,5)6;17-6-3-7-20-13-9-11-5-2-1-4-10(11)8-12(13)14-18-19-15(22)21(14)16(20)23/h7-8,10-11,14-15H,9,12-13H2,1-6H3,(H,27,32);1-2,4-5,8-9H,3,6-7,17H2,(H,19,22). The van der Waals surface area contributed by atoms with Crippen LogP contribution in [0, 0.1) is 0 Å². The van der Waals surface area contributed by atoms with E-state index in [9.17, 15) is 28.8 Å². The number of aryl methyl sites for hydroxylation is 2. The fourth-order valence-corrected chi connectivity index (χ4v) is 6.93. The van der Waals surface area contributed by atoms with Crippen LogP contribution < -0.4 is 33.8 Å². The summed E-state index contributed by atoms with van der Waals surface area (Å²) in [5.74, 6) is 0. The van der Waals surface area contributed by atoms with Gasteiger partial charge in [0.15, 0.2) is 11.3 Å². The molecule has 0 fully saturated rings. The molecule has 1 amide bonds. The van der Waals surface area contributed by atoms with Crippen molar-refractivity contribution in [2.24, 2.45) is 5.73 Å². The minimum absolute atomic E-state index is 0.0599. The van der Waals surface area contributed by atoms with E-state index < -0.39 is 46.1 Å². The van der Waals surface area contributed by atoms with Gasteiger partial charge < -0.3 is 20.5 Å². The number of aromatic amines is 1. The molecular weight excluding hydrogens is 773 g/mol. The normalized spacial score (nSPS) is 12.1. The molecule has 4 N–H and O–H groups in total. The van der Waals surface area contributed by atoms with Gasteiger partial charge in [-0.25, -0.2) is 33.9 Å². The number of nitrogens with zero attached hydrogens (tertiary/aromatic N) is 7. The van der Waals surface area contributed by atoms with Gasteiger partial charge >= 0.3 is 34.9 Å². The Morgan fingerprint density at radius 3 is 1.72 bits per heavy atom. The predicted molar refractivity (Wildman–Crippen MR) is 228 cm³/mol. The summed E-state index contributed by atoms with van der Waals surface area (Å²) in [5.41, 5.74) is 3.34. The van der Waals surface area contributed by atoms with Gasteiger partial charge in [0, 0.05) is 30.4 Å². The Morgan fingerprint density at radius 1 is 0.683 bits per heavy atom. The van der Waals surface area contributed by atoms with Crippen LogP contribution in [0.5, 0.6) is 0 Å². The summed E-state index contributed by atoms with van der Waals surface area (Å²) in [4.78, 5) is 76.0. The van der Waals surface area contributed by atoms with E-state index in [0.29, 0.717) is 47.2 Å². The first-order valence-corrected chi connectivity index (χ1v) is 19.5. The Balaban J connectivity index is 0.000000201. The Morgan fingerprint density at radius 2 is 1.18 bits per heavy atom. The summed E-state index contributed by atoms with van der Waals surface area (Å²) < 4.78 is 16.1. The molecule has 8 rings (SSSR count). The van der Waals surface area contributed by atoms with Crippen molar-refractivity contribution in [1.29, 1.82) is 0 Å². The fourth-order valence-electron chi connectivity index (χ4n) is 6.93. The van der Waals surface area contributed by atoms with E-state index >= 15 is 0 Å². The first kappa shape index (κ1) is 41.1. The molecule has 60 heavy (non-hydrogen) atoms. The minimum Gasteiger partial charge on any atom is -0.444 e. The Bertz CT molecular complexity index is 3210. The molecule has 4 aromatic carbocycles. The topological polar surface area (TPSA) is 224 Å². The maximum atomic E-state index is 13.5. The van der Waals surface area contributed by atoms with Crippen LogP contribution in [-0.2, 0) is 22.6 Å². The molecule has 0 atom stereocenters. The van der Waals surface area contributed by atoms with Crippen molar-refractivity contribution in [3.05, 3.63) is 115 Å². The zero-order valence-corrected chi connectivity index (χ0v) is 34.1. The number of rotatable bonds is 7. The Kier molecular flexibility index (Phi) is 10.9. The number of amides is 1. The fraction of sp³-hybridized carbons (Fsp3) is 0.333. The lowest BCUT2D eigenvalue weighted by Crippen LogP contribution is -2.39. The van der Waals surface area contributed by atoms with E-state index in [1.54, 1.807) is 46.1 Å². The average Bonchev–Trinajstić information content (AvgIpc) is 3.75. The van der Waals surface area contributed by atoms with E-state index in [1.165, 1.54) is 4.57 Å².